The van der Waals surface area contributed by atoms with E-state index >= 15 is 0 Å². The molecule has 1 aromatic rings. The summed E-state index contributed by atoms with van der Waals surface area (Å²) in [7, 11) is 0. The van der Waals surface area contributed by atoms with E-state index < -0.39 is 12.0 Å². The molecule has 17 heavy (non-hydrogen) atoms. The smallest absolute Gasteiger partial charge is 0.384 e. The maximum atomic E-state index is 12.4. The third-order valence-electron chi connectivity index (χ3n) is 2.34. The third kappa shape index (κ3) is 3.76. The van der Waals surface area contributed by atoms with Gasteiger partial charge in [-0.15, -0.1) is 0 Å². The average Bonchev–Trinajstić information content (AvgIpc) is 2.24. The molecule has 0 atom stereocenters. The van der Waals surface area contributed by atoms with Gasteiger partial charge in [-0.25, -0.2) is 9.97 Å². The zero-order valence-electron chi connectivity index (χ0n) is 9.67. The second-order valence-corrected chi connectivity index (χ2v) is 3.66. The van der Waals surface area contributed by atoms with E-state index in [0.29, 0.717) is 0 Å². The second kappa shape index (κ2) is 5.20. The molecule has 1 heterocycles. The molecule has 0 radical (unpaired) electrons. The predicted molar refractivity (Wildman–Crippen MR) is 59.4 cm³/mol. The molecule has 0 spiro atoms. The fraction of sp³-hybridized carbons (Fsp3) is 0.600. The van der Waals surface area contributed by atoms with Crippen LogP contribution in [0.3, 0.4) is 0 Å². The lowest BCUT2D eigenvalue weighted by molar-refractivity contribution is -0.144. The van der Waals surface area contributed by atoms with E-state index in [1.165, 1.54) is 6.07 Å². The minimum absolute atomic E-state index is 0.0744. The molecule has 0 aliphatic rings. The van der Waals surface area contributed by atoms with Crippen LogP contribution < -0.4 is 11.1 Å². The van der Waals surface area contributed by atoms with Crippen LogP contribution in [-0.4, -0.2) is 16.0 Å². The van der Waals surface area contributed by atoms with Gasteiger partial charge in [0, 0.05) is 12.1 Å². The number of aromatic nitrogens is 2. The molecule has 1 rings (SSSR count). The van der Waals surface area contributed by atoms with Crippen molar-refractivity contribution in [2.75, 3.05) is 11.1 Å². The fourth-order valence-electron chi connectivity index (χ4n) is 1.37. The van der Waals surface area contributed by atoms with Crippen LogP contribution in [0.5, 0.6) is 0 Å². The molecule has 4 nitrogen and oxygen atoms in total. The third-order valence-corrected chi connectivity index (χ3v) is 2.34. The summed E-state index contributed by atoms with van der Waals surface area (Å²) in [5.74, 6) is -1.30. The van der Waals surface area contributed by atoms with Crippen molar-refractivity contribution in [1.82, 2.24) is 9.97 Å². The first-order chi connectivity index (χ1) is 7.86. The molecule has 3 N–H and O–H groups in total. The van der Waals surface area contributed by atoms with Gasteiger partial charge in [-0.3, -0.25) is 0 Å². The number of nitrogen functional groups attached to an aromatic ring is 1. The van der Waals surface area contributed by atoms with Crippen molar-refractivity contribution in [2.45, 2.75) is 38.9 Å². The number of nitrogens with two attached hydrogens (primary N) is 1. The van der Waals surface area contributed by atoms with Gasteiger partial charge in [0.15, 0.2) is 0 Å². The number of nitrogens with one attached hydrogen (secondary N) is 1. The molecule has 96 valence electrons. The van der Waals surface area contributed by atoms with Gasteiger partial charge >= 0.3 is 6.18 Å². The summed E-state index contributed by atoms with van der Waals surface area (Å²) in [4.78, 5) is 6.58. The van der Waals surface area contributed by atoms with Gasteiger partial charge in [0.25, 0.3) is 0 Å². The topological polar surface area (TPSA) is 63.8 Å². The first kappa shape index (κ1) is 13.5. The number of hydrogen-bond acceptors (Lipinski definition) is 4. The Hall–Kier alpha value is -1.53. The van der Waals surface area contributed by atoms with E-state index in [1.807, 2.05) is 13.8 Å². The highest BCUT2D eigenvalue weighted by Crippen LogP contribution is 2.27. The van der Waals surface area contributed by atoms with Crippen molar-refractivity contribution in [1.29, 1.82) is 0 Å². The summed E-state index contributed by atoms with van der Waals surface area (Å²) < 4.78 is 37.3. The Labute approximate surface area is 97.4 Å². The van der Waals surface area contributed by atoms with Crippen LogP contribution in [0.2, 0.25) is 0 Å². The number of nitrogens with zero attached hydrogens (tertiary/aromatic N) is 2. The van der Waals surface area contributed by atoms with E-state index in [1.54, 1.807) is 0 Å². The number of hydrogen-bond donors (Lipinski definition) is 2. The summed E-state index contributed by atoms with van der Waals surface area (Å²) in [6.45, 7) is 3.88. The van der Waals surface area contributed by atoms with Crippen molar-refractivity contribution in [3.8, 4) is 0 Å². The number of alkyl halides is 3. The van der Waals surface area contributed by atoms with Crippen LogP contribution in [0.25, 0.3) is 0 Å². The van der Waals surface area contributed by atoms with Gasteiger partial charge in [0.2, 0.25) is 5.82 Å². The van der Waals surface area contributed by atoms with Gasteiger partial charge < -0.3 is 11.1 Å². The van der Waals surface area contributed by atoms with Crippen LogP contribution >= 0.6 is 0 Å². The average molecular weight is 248 g/mol. The van der Waals surface area contributed by atoms with Crippen molar-refractivity contribution in [2.24, 2.45) is 0 Å². The van der Waals surface area contributed by atoms with Gasteiger partial charge in [0.1, 0.15) is 11.6 Å². The molecule has 0 aliphatic heterocycles. The Morgan fingerprint density at radius 3 is 2.35 bits per heavy atom. The number of rotatable bonds is 4. The monoisotopic (exact) mass is 248 g/mol. The molecule has 0 bridgehead atoms. The molecular formula is C10H15F3N4. The minimum atomic E-state index is -4.58. The van der Waals surface area contributed by atoms with Crippen molar-refractivity contribution in [3.05, 3.63) is 11.9 Å². The SMILES string of the molecule is CCC(CC)Nc1cc(N)nc(C(F)(F)F)n1. The predicted octanol–water partition coefficient (Wildman–Crippen LogP) is 2.68. The van der Waals surface area contributed by atoms with Crippen molar-refractivity contribution in [3.63, 3.8) is 0 Å². The van der Waals surface area contributed by atoms with Gasteiger partial charge in [-0.1, -0.05) is 13.8 Å². The quantitative estimate of drug-likeness (QED) is 0.859. The first-order valence-electron chi connectivity index (χ1n) is 5.35. The largest absolute Gasteiger partial charge is 0.451 e. The Bertz CT molecular complexity index is 374. The van der Waals surface area contributed by atoms with Crippen LogP contribution in [0.4, 0.5) is 24.8 Å². The molecule has 0 aliphatic carbocycles. The summed E-state index contributed by atoms with van der Waals surface area (Å²) in [6.07, 6.45) is -3.00. The molecule has 0 amide bonds. The Kier molecular flexibility index (Phi) is 4.14. The van der Waals surface area contributed by atoms with Gasteiger partial charge in [0.05, 0.1) is 0 Å². The van der Waals surface area contributed by atoms with Crippen LogP contribution in [0.1, 0.15) is 32.5 Å². The Balaban J connectivity index is 2.97. The molecule has 0 fully saturated rings. The fourth-order valence-corrected chi connectivity index (χ4v) is 1.37. The van der Waals surface area contributed by atoms with E-state index in [4.69, 9.17) is 5.73 Å². The summed E-state index contributed by atoms with van der Waals surface area (Å²) in [6, 6.07) is 1.37. The minimum Gasteiger partial charge on any atom is -0.384 e. The number of anilines is 2. The highest BCUT2D eigenvalue weighted by Gasteiger charge is 2.35. The second-order valence-electron chi connectivity index (χ2n) is 3.66. The van der Waals surface area contributed by atoms with Crippen LogP contribution in [0, 0.1) is 0 Å². The zero-order valence-corrected chi connectivity index (χ0v) is 9.67. The lowest BCUT2D eigenvalue weighted by Crippen LogP contribution is -2.20. The lowest BCUT2D eigenvalue weighted by atomic mass is 10.2. The molecule has 0 unspecified atom stereocenters. The normalized spacial score (nSPS) is 11.9. The van der Waals surface area contributed by atoms with Gasteiger partial charge in [-0.2, -0.15) is 13.2 Å². The molecule has 0 saturated heterocycles. The van der Waals surface area contributed by atoms with Crippen molar-refractivity contribution >= 4 is 11.6 Å². The maximum absolute atomic E-state index is 12.4. The number of halogens is 3. The van der Waals surface area contributed by atoms with Crippen LogP contribution in [0.15, 0.2) is 6.07 Å². The molecule has 1 aromatic heterocycles. The van der Waals surface area contributed by atoms with E-state index in [2.05, 4.69) is 15.3 Å². The summed E-state index contributed by atoms with van der Waals surface area (Å²) in [5.41, 5.74) is 5.32. The Morgan fingerprint density at radius 2 is 1.88 bits per heavy atom. The summed E-state index contributed by atoms with van der Waals surface area (Å²) in [5, 5.41) is 2.90. The molecule has 7 heteroatoms. The van der Waals surface area contributed by atoms with Crippen LogP contribution in [-0.2, 0) is 6.18 Å². The molecule has 0 saturated carbocycles. The standard InChI is InChI=1S/C10H15F3N4/c1-3-6(4-2)15-8-5-7(14)16-9(17-8)10(11,12)13/h5-6H,3-4H2,1-2H3,(H3,14,15,16,17). The van der Waals surface area contributed by atoms with E-state index in [-0.39, 0.29) is 17.7 Å². The Morgan fingerprint density at radius 1 is 1.29 bits per heavy atom. The highest BCUT2D eigenvalue weighted by atomic mass is 19.4. The summed E-state index contributed by atoms with van der Waals surface area (Å²) >= 11 is 0. The van der Waals surface area contributed by atoms with E-state index in [9.17, 15) is 13.2 Å². The van der Waals surface area contributed by atoms with Gasteiger partial charge in [-0.05, 0) is 12.8 Å². The molecule has 0 aromatic carbocycles. The van der Waals surface area contributed by atoms with E-state index in [0.717, 1.165) is 12.8 Å². The molecular weight excluding hydrogens is 233 g/mol. The lowest BCUT2D eigenvalue weighted by Gasteiger charge is -2.16. The maximum Gasteiger partial charge on any atom is 0.451 e. The highest BCUT2D eigenvalue weighted by molar-refractivity contribution is 5.45. The first-order valence-corrected chi connectivity index (χ1v) is 5.35. The zero-order chi connectivity index (χ0) is 13.1. The van der Waals surface area contributed by atoms with Crippen molar-refractivity contribution < 1.29 is 13.2 Å².